The fraction of sp³-hybridized carbons (Fsp3) is 0.533. The number of para-hydroxylation sites is 1. The van der Waals surface area contributed by atoms with E-state index in [0.717, 1.165) is 5.56 Å². The molecule has 6 nitrogen and oxygen atoms in total. The summed E-state index contributed by atoms with van der Waals surface area (Å²) in [6.45, 7) is 8.36. The number of hydrogen-bond acceptors (Lipinski definition) is 4. The van der Waals surface area contributed by atoms with Crippen LogP contribution >= 0.6 is 0 Å². The summed E-state index contributed by atoms with van der Waals surface area (Å²) >= 11 is 0. The molecule has 0 aliphatic carbocycles. The number of nitro groups is 1. The molecule has 1 saturated heterocycles. The molecule has 1 aliphatic heterocycles. The maximum atomic E-state index is 12.1. The fourth-order valence-corrected chi connectivity index (χ4v) is 2.65. The van der Waals surface area contributed by atoms with Crippen LogP contribution in [0, 0.1) is 17.0 Å². The number of nitro benzene ring substituents is 1. The minimum Gasteiger partial charge on any atom is -0.374 e. The number of rotatable bonds is 3. The number of likely N-dealkylation sites (tertiary alicyclic amines) is 1. The van der Waals surface area contributed by atoms with Gasteiger partial charge in [-0.25, -0.2) is 0 Å². The molecule has 0 bridgehead atoms. The first-order valence-electron chi connectivity index (χ1n) is 7.01. The number of nitrogens with one attached hydrogen (secondary N) is 1. The van der Waals surface area contributed by atoms with E-state index in [0.29, 0.717) is 18.7 Å². The van der Waals surface area contributed by atoms with Crippen molar-refractivity contribution < 1.29 is 9.72 Å². The highest BCUT2D eigenvalue weighted by molar-refractivity contribution is 5.81. The summed E-state index contributed by atoms with van der Waals surface area (Å²) in [5.41, 5.74) is 1.14. The van der Waals surface area contributed by atoms with Gasteiger partial charge in [-0.3, -0.25) is 14.9 Å². The third kappa shape index (κ3) is 3.15. The van der Waals surface area contributed by atoms with Gasteiger partial charge >= 0.3 is 0 Å². The Morgan fingerprint density at radius 1 is 1.38 bits per heavy atom. The van der Waals surface area contributed by atoms with Gasteiger partial charge in [0.15, 0.2) is 0 Å². The van der Waals surface area contributed by atoms with Crippen molar-refractivity contribution in [2.75, 3.05) is 11.9 Å². The molecule has 0 saturated carbocycles. The standard InChI is InChI=1S/C15H21N3O3/c1-10-6-5-7-12(18(20)21)14(10)16-11-8-13(19)17(9-11)15(2,3)4/h5-7,11,16H,8-9H2,1-4H3. The van der Waals surface area contributed by atoms with E-state index >= 15 is 0 Å². The smallest absolute Gasteiger partial charge is 0.292 e. The van der Waals surface area contributed by atoms with Gasteiger partial charge in [-0.2, -0.15) is 0 Å². The van der Waals surface area contributed by atoms with Crippen LogP contribution in [0.25, 0.3) is 0 Å². The van der Waals surface area contributed by atoms with E-state index in [-0.39, 0.29) is 23.2 Å². The maximum absolute atomic E-state index is 12.1. The van der Waals surface area contributed by atoms with E-state index < -0.39 is 4.92 Å². The Morgan fingerprint density at radius 2 is 2.05 bits per heavy atom. The van der Waals surface area contributed by atoms with Gasteiger partial charge in [-0.1, -0.05) is 12.1 Å². The monoisotopic (exact) mass is 291 g/mol. The van der Waals surface area contributed by atoms with Crippen molar-refractivity contribution in [3.05, 3.63) is 33.9 Å². The average molecular weight is 291 g/mol. The van der Waals surface area contributed by atoms with Crippen LogP contribution in [-0.4, -0.2) is 33.9 Å². The zero-order valence-electron chi connectivity index (χ0n) is 12.8. The Labute approximate surface area is 124 Å². The van der Waals surface area contributed by atoms with Crippen LogP contribution < -0.4 is 5.32 Å². The number of benzene rings is 1. The van der Waals surface area contributed by atoms with Crippen molar-refractivity contribution >= 4 is 17.3 Å². The van der Waals surface area contributed by atoms with Gasteiger partial charge in [0, 0.05) is 24.6 Å². The molecule has 6 heteroatoms. The Bertz CT molecular complexity index is 578. The molecule has 2 rings (SSSR count). The molecular weight excluding hydrogens is 270 g/mol. The summed E-state index contributed by atoms with van der Waals surface area (Å²) in [4.78, 5) is 24.6. The van der Waals surface area contributed by atoms with Crippen LogP contribution in [0.4, 0.5) is 11.4 Å². The summed E-state index contributed by atoms with van der Waals surface area (Å²) in [7, 11) is 0. The molecule has 21 heavy (non-hydrogen) atoms. The Hall–Kier alpha value is -2.11. The zero-order chi connectivity index (χ0) is 15.8. The predicted molar refractivity (Wildman–Crippen MR) is 81.3 cm³/mol. The first kappa shape index (κ1) is 15.3. The summed E-state index contributed by atoms with van der Waals surface area (Å²) in [6, 6.07) is 4.87. The lowest BCUT2D eigenvalue weighted by Crippen LogP contribution is -2.43. The van der Waals surface area contributed by atoms with Gasteiger partial charge in [0.05, 0.1) is 11.0 Å². The minimum absolute atomic E-state index is 0.0525. The van der Waals surface area contributed by atoms with Gasteiger partial charge in [0.1, 0.15) is 5.69 Å². The third-order valence-electron chi connectivity index (χ3n) is 3.73. The highest BCUT2D eigenvalue weighted by atomic mass is 16.6. The number of anilines is 1. The van der Waals surface area contributed by atoms with Gasteiger partial charge < -0.3 is 10.2 Å². The molecule has 1 atom stereocenters. The normalized spacial score (nSPS) is 19.0. The highest BCUT2D eigenvalue weighted by Crippen LogP contribution is 2.31. The molecule has 1 amide bonds. The number of aryl methyl sites for hydroxylation is 1. The van der Waals surface area contributed by atoms with E-state index in [1.807, 2.05) is 38.7 Å². The van der Waals surface area contributed by atoms with Crippen LogP contribution in [0.3, 0.4) is 0 Å². The van der Waals surface area contributed by atoms with Crippen molar-refractivity contribution in [3.63, 3.8) is 0 Å². The van der Waals surface area contributed by atoms with Gasteiger partial charge in [-0.15, -0.1) is 0 Å². The third-order valence-corrected chi connectivity index (χ3v) is 3.73. The molecular formula is C15H21N3O3. The second-order valence-electron chi connectivity index (χ2n) is 6.45. The molecule has 1 aliphatic rings. The summed E-state index contributed by atoms with van der Waals surface area (Å²) in [5, 5.41) is 14.3. The molecule has 0 aromatic heterocycles. The lowest BCUT2D eigenvalue weighted by Gasteiger charge is -2.32. The molecule has 1 N–H and O–H groups in total. The molecule has 1 aromatic carbocycles. The second kappa shape index (κ2) is 5.35. The largest absolute Gasteiger partial charge is 0.374 e. The SMILES string of the molecule is Cc1cccc([N+](=O)[O-])c1NC1CC(=O)N(C(C)(C)C)C1. The predicted octanol–water partition coefficient (Wildman–Crippen LogP) is 2.71. The van der Waals surface area contributed by atoms with Crippen molar-refractivity contribution in [1.82, 2.24) is 4.90 Å². The Morgan fingerprint density at radius 3 is 2.57 bits per heavy atom. The van der Waals surface area contributed by atoms with Crippen LogP contribution in [0.5, 0.6) is 0 Å². The van der Waals surface area contributed by atoms with Crippen molar-refractivity contribution in [1.29, 1.82) is 0 Å². The van der Waals surface area contributed by atoms with Crippen molar-refractivity contribution in [2.45, 2.75) is 45.7 Å². The lowest BCUT2D eigenvalue weighted by atomic mass is 10.1. The van der Waals surface area contributed by atoms with E-state index in [4.69, 9.17) is 0 Å². The molecule has 1 fully saturated rings. The molecule has 1 unspecified atom stereocenters. The first-order chi connectivity index (χ1) is 9.70. The molecule has 0 radical (unpaired) electrons. The summed E-state index contributed by atoms with van der Waals surface area (Å²) in [5.74, 6) is 0.0798. The fourth-order valence-electron chi connectivity index (χ4n) is 2.65. The topological polar surface area (TPSA) is 75.5 Å². The number of amides is 1. The average Bonchev–Trinajstić information content (AvgIpc) is 2.72. The highest BCUT2D eigenvalue weighted by Gasteiger charge is 2.36. The van der Waals surface area contributed by atoms with Crippen LogP contribution in [0.2, 0.25) is 0 Å². The second-order valence-corrected chi connectivity index (χ2v) is 6.45. The maximum Gasteiger partial charge on any atom is 0.292 e. The van der Waals surface area contributed by atoms with E-state index in [9.17, 15) is 14.9 Å². The quantitative estimate of drug-likeness (QED) is 0.686. The molecule has 1 heterocycles. The molecule has 1 aromatic rings. The van der Waals surface area contributed by atoms with Crippen LogP contribution in [0.1, 0.15) is 32.8 Å². The summed E-state index contributed by atoms with van der Waals surface area (Å²) in [6.07, 6.45) is 0.364. The lowest BCUT2D eigenvalue weighted by molar-refractivity contribution is -0.384. The molecule has 0 spiro atoms. The number of carbonyl (C=O) groups excluding carboxylic acids is 1. The van der Waals surface area contributed by atoms with Gasteiger partial charge in [0.2, 0.25) is 5.91 Å². The summed E-state index contributed by atoms with van der Waals surface area (Å²) < 4.78 is 0. The van der Waals surface area contributed by atoms with Crippen LogP contribution in [0.15, 0.2) is 18.2 Å². The number of nitrogens with zero attached hydrogens (tertiary/aromatic N) is 2. The molecule has 114 valence electrons. The minimum atomic E-state index is -0.395. The number of hydrogen-bond donors (Lipinski definition) is 1. The van der Waals surface area contributed by atoms with E-state index in [2.05, 4.69) is 5.32 Å². The Balaban J connectivity index is 2.21. The number of carbonyl (C=O) groups is 1. The van der Waals surface area contributed by atoms with Crippen molar-refractivity contribution in [2.24, 2.45) is 0 Å². The van der Waals surface area contributed by atoms with Crippen LogP contribution in [-0.2, 0) is 4.79 Å². The first-order valence-corrected chi connectivity index (χ1v) is 7.01. The van der Waals surface area contributed by atoms with E-state index in [1.165, 1.54) is 6.07 Å². The van der Waals surface area contributed by atoms with E-state index in [1.54, 1.807) is 6.07 Å². The van der Waals surface area contributed by atoms with Gasteiger partial charge in [-0.05, 0) is 33.3 Å². The Kier molecular flexibility index (Phi) is 3.89. The zero-order valence-corrected chi connectivity index (χ0v) is 12.8. The van der Waals surface area contributed by atoms with Gasteiger partial charge in [0.25, 0.3) is 5.69 Å². The van der Waals surface area contributed by atoms with Crippen molar-refractivity contribution in [3.8, 4) is 0 Å².